The molecule has 0 saturated carbocycles. The van der Waals surface area contributed by atoms with Crippen LogP contribution >= 0.6 is 22.7 Å². The Labute approximate surface area is 147 Å². The summed E-state index contributed by atoms with van der Waals surface area (Å²) in [5.74, 6) is 1.02. The van der Waals surface area contributed by atoms with E-state index in [-0.39, 0.29) is 5.75 Å². The van der Waals surface area contributed by atoms with E-state index in [4.69, 9.17) is 0 Å². The van der Waals surface area contributed by atoms with E-state index in [0.717, 1.165) is 52.6 Å². The van der Waals surface area contributed by atoms with E-state index < -0.39 is 0 Å². The molecule has 8 heteroatoms. The molecule has 3 aromatic rings. The molecule has 0 radical (unpaired) electrons. The third kappa shape index (κ3) is 3.24. The van der Waals surface area contributed by atoms with Gasteiger partial charge in [-0.25, -0.2) is 9.97 Å². The van der Waals surface area contributed by atoms with Crippen molar-refractivity contribution in [3.63, 3.8) is 0 Å². The molecule has 2 aromatic heterocycles. The number of phenols is 1. The molecule has 0 spiro atoms. The molecule has 0 aliphatic carbocycles. The lowest BCUT2D eigenvalue weighted by Crippen LogP contribution is -2.35. The van der Waals surface area contributed by atoms with E-state index in [9.17, 15) is 5.11 Å². The first kappa shape index (κ1) is 15.1. The number of anilines is 1. The molecule has 0 unspecified atom stereocenters. The minimum atomic E-state index is 0.241. The van der Waals surface area contributed by atoms with E-state index in [2.05, 4.69) is 25.6 Å². The van der Waals surface area contributed by atoms with Gasteiger partial charge in [0.2, 0.25) is 0 Å². The second kappa shape index (κ2) is 6.58. The number of guanidine groups is 1. The first-order valence-electron chi connectivity index (χ1n) is 7.54. The molecule has 1 aromatic carbocycles. The van der Waals surface area contributed by atoms with Gasteiger partial charge in [-0.3, -0.25) is 4.99 Å². The van der Waals surface area contributed by atoms with Crippen LogP contribution in [0.1, 0.15) is 6.42 Å². The van der Waals surface area contributed by atoms with Gasteiger partial charge >= 0.3 is 0 Å². The van der Waals surface area contributed by atoms with Crippen LogP contribution in [0, 0.1) is 0 Å². The molecule has 3 N–H and O–H groups in total. The van der Waals surface area contributed by atoms with Crippen molar-refractivity contribution in [2.24, 2.45) is 4.99 Å². The highest BCUT2D eigenvalue weighted by Crippen LogP contribution is 2.31. The average Bonchev–Trinajstić information content (AvgIpc) is 3.25. The SMILES string of the molecule is Oc1cccc(-c2nc(-c3csc(NC4=NCCCN4)n3)cs2)c1. The number of rotatable bonds is 3. The van der Waals surface area contributed by atoms with Crippen LogP contribution in [-0.2, 0) is 0 Å². The minimum absolute atomic E-state index is 0.241. The number of aromatic hydroxyl groups is 1. The monoisotopic (exact) mass is 357 g/mol. The van der Waals surface area contributed by atoms with Gasteiger partial charge in [0.25, 0.3) is 0 Å². The van der Waals surface area contributed by atoms with E-state index in [1.165, 1.54) is 22.7 Å². The van der Waals surface area contributed by atoms with Gasteiger partial charge in [0.05, 0.1) is 0 Å². The molecule has 0 bridgehead atoms. The molecule has 1 aliphatic heterocycles. The fourth-order valence-corrected chi connectivity index (χ4v) is 3.84. The summed E-state index contributed by atoms with van der Waals surface area (Å²) in [5.41, 5.74) is 2.57. The summed E-state index contributed by atoms with van der Waals surface area (Å²) in [6.45, 7) is 1.77. The lowest BCUT2D eigenvalue weighted by atomic mass is 10.2. The van der Waals surface area contributed by atoms with Crippen LogP contribution in [0.15, 0.2) is 40.0 Å². The summed E-state index contributed by atoms with van der Waals surface area (Å²) >= 11 is 3.06. The Balaban J connectivity index is 1.53. The third-order valence-electron chi connectivity index (χ3n) is 3.49. The highest BCUT2D eigenvalue weighted by atomic mass is 32.1. The van der Waals surface area contributed by atoms with Gasteiger partial charge in [-0.15, -0.1) is 22.7 Å². The number of nitrogens with zero attached hydrogens (tertiary/aromatic N) is 3. The molecule has 3 heterocycles. The Morgan fingerprint density at radius 2 is 2.00 bits per heavy atom. The first-order chi connectivity index (χ1) is 11.8. The molecule has 6 nitrogen and oxygen atoms in total. The normalized spacial score (nSPS) is 14.1. The Kier molecular flexibility index (Phi) is 4.14. The van der Waals surface area contributed by atoms with Crippen LogP contribution < -0.4 is 10.6 Å². The lowest BCUT2D eigenvalue weighted by molar-refractivity contribution is 0.475. The highest BCUT2D eigenvalue weighted by Gasteiger charge is 2.12. The minimum Gasteiger partial charge on any atom is -0.508 e. The van der Waals surface area contributed by atoms with Gasteiger partial charge in [-0.2, -0.15) is 0 Å². The van der Waals surface area contributed by atoms with E-state index in [0.29, 0.717) is 0 Å². The van der Waals surface area contributed by atoms with Crippen LogP contribution in [0.2, 0.25) is 0 Å². The number of thiazole rings is 2. The molecule has 0 amide bonds. The van der Waals surface area contributed by atoms with Crippen molar-refractivity contribution in [2.45, 2.75) is 6.42 Å². The summed E-state index contributed by atoms with van der Waals surface area (Å²) in [7, 11) is 0. The number of benzene rings is 1. The molecular weight excluding hydrogens is 342 g/mol. The topological polar surface area (TPSA) is 82.4 Å². The molecule has 0 atom stereocenters. The van der Waals surface area contributed by atoms with E-state index in [1.807, 2.05) is 22.9 Å². The fourth-order valence-electron chi connectivity index (χ4n) is 2.33. The zero-order valence-corrected chi connectivity index (χ0v) is 14.3. The highest BCUT2D eigenvalue weighted by molar-refractivity contribution is 7.14. The quantitative estimate of drug-likeness (QED) is 0.669. The standard InChI is InChI=1S/C16H15N5OS2/c22-11-4-1-3-10(7-11)14-19-12(8-23-14)13-9-24-16(20-13)21-15-17-5-2-6-18-15/h1,3-4,7-9,22H,2,5-6H2,(H2,17,18,20,21). The van der Waals surface area contributed by atoms with Crippen molar-refractivity contribution >= 4 is 33.8 Å². The number of hydrogen-bond acceptors (Lipinski definition) is 8. The average molecular weight is 357 g/mol. The maximum absolute atomic E-state index is 9.60. The summed E-state index contributed by atoms with van der Waals surface area (Å²) in [6.07, 6.45) is 1.06. The van der Waals surface area contributed by atoms with Crippen molar-refractivity contribution in [1.82, 2.24) is 15.3 Å². The smallest absolute Gasteiger partial charge is 0.197 e. The molecule has 24 heavy (non-hydrogen) atoms. The van der Waals surface area contributed by atoms with Gasteiger partial charge < -0.3 is 15.7 Å². The first-order valence-corrected chi connectivity index (χ1v) is 9.30. The van der Waals surface area contributed by atoms with Gasteiger partial charge in [0, 0.05) is 29.4 Å². The third-order valence-corrected chi connectivity index (χ3v) is 5.14. The summed E-state index contributed by atoms with van der Waals surface area (Å²) in [5, 5.41) is 21.6. The number of nitrogens with one attached hydrogen (secondary N) is 2. The second-order valence-corrected chi connectivity index (χ2v) is 6.98. The predicted octanol–water partition coefficient (Wildman–Crippen LogP) is 3.40. The van der Waals surface area contributed by atoms with Crippen molar-refractivity contribution < 1.29 is 5.11 Å². The van der Waals surface area contributed by atoms with Gasteiger partial charge in [0.1, 0.15) is 22.1 Å². The fraction of sp³-hybridized carbons (Fsp3) is 0.188. The molecule has 0 fully saturated rings. The largest absolute Gasteiger partial charge is 0.508 e. The van der Waals surface area contributed by atoms with Crippen LogP contribution in [0.5, 0.6) is 5.75 Å². The van der Waals surface area contributed by atoms with Crippen LogP contribution in [0.25, 0.3) is 22.0 Å². The molecule has 0 saturated heterocycles. The second-order valence-electron chi connectivity index (χ2n) is 5.26. The predicted molar refractivity (Wildman–Crippen MR) is 98.9 cm³/mol. The van der Waals surface area contributed by atoms with Gasteiger partial charge in [-0.05, 0) is 18.6 Å². The van der Waals surface area contributed by atoms with Gasteiger partial charge in [0.15, 0.2) is 11.1 Å². The van der Waals surface area contributed by atoms with Crippen LogP contribution in [0.3, 0.4) is 0 Å². The summed E-state index contributed by atoms with van der Waals surface area (Å²) < 4.78 is 0. The van der Waals surface area contributed by atoms with E-state index >= 15 is 0 Å². The molecule has 122 valence electrons. The Hall–Kier alpha value is -2.45. The summed E-state index contributed by atoms with van der Waals surface area (Å²) in [6, 6.07) is 7.11. The van der Waals surface area contributed by atoms with Gasteiger partial charge in [-0.1, -0.05) is 12.1 Å². The van der Waals surface area contributed by atoms with Crippen molar-refractivity contribution in [1.29, 1.82) is 0 Å². The lowest BCUT2D eigenvalue weighted by Gasteiger charge is -2.13. The summed E-state index contributed by atoms with van der Waals surface area (Å²) in [4.78, 5) is 13.6. The number of phenolic OH excluding ortho intramolecular Hbond substituents is 1. The maximum Gasteiger partial charge on any atom is 0.197 e. The Morgan fingerprint density at radius 1 is 1.12 bits per heavy atom. The number of aliphatic imine (C=N–C) groups is 1. The van der Waals surface area contributed by atoms with Crippen LogP contribution in [0.4, 0.5) is 5.13 Å². The molecule has 4 rings (SSSR count). The molecule has 1 aliphatic rings. The zero-order chi connectivity index (χ0) is 16.4. The Bertz CT molecular complexity index is 886. The number of aromatic nitrogens is 2. The van der Waals surface area contributed by atoms with Crippen LogP contribution in [-0.4, -0.2) is 34.1 Å². The maximum atomic E-state index is 9.60. The molecular formula is C16H15N5OS2. The van der Waals surface area contributed by atoms with Crippen molar-refractivity contribution in [2.75, 3.05) is 18.4 Å². The Morgan fingerprint density at radius 3 is 2.83 bits per heavy atom. The zero-order valence-electron chi connectivity index (χ0n) is 12.7. The van der Waals surface area contributed by atoms with Crippen molar-refractivity contribution in [3.8, 4) is 27.7 Å². The van der Waals surface area contributed by atoms with E-state index in [1.54, 1.807) is 12.1 Å². The number of hydrogen-bond donors (Lipinski definition) is 3. The van der Waals surface area contributed by atoms with Crippen molar-refractivity contribution in [3.05, 3.63) is 35.0 Å².